The lowest BCUT2D eigenvalue weighted by Gasteiger charge is -2.16. The number of rotatable bonds is 3. The van der Waals surface area contributed by atoms with Crippen molar-refractivity contribution >= 4 is 31.8 Å². The van der Waals surface area contributed by atoms with Crippen LogP contribution in [0.3, 0.4) is 0 Å². The standard InChI is InChI=1S/C16H15N5O2S/c17-3-6-24(22,23)21-5-2-11(10-21)14-9-18-7-12-8-20-16-13(15(12)14)1-4-19-16/h1,4,7-9,11H,2,5-6,10H2,(H,19,20). The molecular formula is C16H15N5O2S. The maximum atomic E-state index is 12.1. The summed E-state index contributed by atoms with van der Waals surface area (Å²) in [6.07, 6.45) is 7.94. The van der Waals surface area contributed by atoms with E-state index in [1.54, 1.807) is 18.5 Å². The highest BCUT2D eigenvalue weighted by Gasteiger charge is 2.33. The second-order valence-electron chi connectivity index (χ2n) is 5.95. The van der Waals surface area contributed by atoms with Gasteiger partial charge in [0.2, 0.25) is 10.0 Å². The molecule has 4 heterocycles. The Balaban J connectivity index is 1.78. The van der Waals surface area contributed by atoms with Crippen molar-refractivity contribution in [3.05, 3.63) is 36.4 Å². The highest BCUT2D eigenvalue weighted by Crippen LogP contribution is 2.35. The van der Waals surface area contributed by atoms with Gasteiger partial charge in [-0.3, -0.25) is 4.98 Å². The predicted octanol–water partition coefficient (Wildman–Crippen LogP) is 1.75. The molecule has 1 fully saturated rings. The number of fused-ring (bicyclic) bond motifs is 3. The van der Waals surface area contributed by atoms with E-state index < -0.39 is 15.8 Å². The van der Waals surface area contributed by atoms with Crippen molar-refractivity contribution < 1.29 is 8.42 Å². The maximum Gasteiger partial charge on any atom is 0.227 e. The number of sulfonamides is 1. The highest BCUT2D eigenvalue weighted by molar-refractivity contribution is 7.89. The summed E-state index contributed by atoms with van der Waals surface area (Å²) < 4.78 is 25.6. The lowest BCUT2D eigenvalue weighted by molar-refractivity contribution is 0.476. The summed E-state index contributed by atoms with van der Waals surface area (Å²) in [4.78, 5) is 11.8. The van der Waals surface area contributed by atoms with E-state index in [0.29, 0.717) is 13.1 Å². The molecule has 0 aliphatic carbocycles. The monoisotopic (exact) mass is 341 g/mol. The molecule has 3 aromatic heterocycles. The third-order valence-corrected chi connectivity index (χ3v) is 6.18. The van der Waals surface area contributed by atoms with Crippen LogP contribution in [0.1, 0.15) is 17.9 Å². The molecule has 1 atom stereocenters. The molecule has 0 saturated carbocycles. The summed E-state index contributed by atoms with van der Waals surface area (Å²) in [7, 11) is -3.50. The first kappa shape index (κ1) is 15.1. The van der Waals surface area contributed by atoms with Crippen LogP contribution in [0.15, 0.2) is 30.9 Å². The van der Waals surface area contributed by atoms with Crippen LogP contribution in [-0.2, 0) is 10.0 Å². The van der Waals surface area contributed by atoms with E-state index in [1.165, 1.54) is 4.31 Å². The van der Waals surface area contributed by atoms with Gasteiger partial charge in [0.25, 0.3) is 0 Å². The van der Waals surface area contributed by atoms with E-state index in [0.717, 1.165) is 33.8 Å². The van der Waals surface area contributed by atoms with Gasteiger partial charge in [-0.05, 0) is 18.1 Å². The average molecular weight is 341 g/mol. The topological polar surface area (TPSA) is 103 Å². The molecule has 7 nitrogen and oxygen atoms in total. The van der Waals surface area contributed by atoms with Crippen molar-refractivity contribution in [2.75, 3.05) is 18.8 Å². The molecule has 0 bridgehead atoms. The highest BCUT2D eigenvalue weighted by atomic mass is 32.2. The Morgan fingerprint density at radius 2 is 2.25 bits per heavy atom. The Morgan fingerprint density at radius 1 is 1.38 bits per heavy atom. The summed E-state index contributed by atoms with van der Waals surface area (Å²) in [6.45, 7) is 0.825. The van der Waals surface area contributed by atoms with Gasteiger partial charge in [-0.2, -0.15) is 5.26 Å². The summed E-state index contributed by atoms with van der Waals surface area (Å²) in [6, 6.07) is 3.71. The molecule has 24 heavy (non-hydrogen) atoms. The van der Waals surface area contributed by atoms with Gasteiger partial charge in [-0.1, -0.05) is 0 Å². The van der Waals surface area contributed by atoms with Crippen molar-refractivity contribution in [3.63, 3.8) is 0 Å². The van der Waals surface area contributed by atoms with E-state index in [-0.39, 0.29) is 5.92 Å². The Kier molecular flexibility index (Phi) is 3.48. The van der Waals surface area contributed by atoms with Crippen molar-refractivity contribution in [1.29, 1.82) is 5.26 Å². The number of hydrogen-bond donors (Lipinski definition) is 1. The zero-order chi connectivity index (χ0) is 16.7. The zero-order valence-electron chi connectivity index (χ0n) is 12.8. The van der Waals surface area contributed by atoms with Gasteiger partial charge >= 0.3 is 0 Å². The normalized spacial score (nSPS) is 19.0. The Hall–Kier alpha value is -2.50. The molecule has 0 radical (unpaired) electrons. The van der Waals surface area contributed by atoms with E-state index in [1.807, 2.05) is 18.5 Å². The summed E-state index contributed by atoms with van der Waals surface area (Å²) in [5, 5.41) is 11.7. The summed E-state index contributed by atoms with van der Waals surface area (Å²) in [5.74, 6) is -0.408. The number of H-pyrrole nitrogens is 1. The molecule has 1 N–H and O–H groups in total. The fourth-order valence-corrected chi connectivity index (χ4v) is 4.56. The Morgan fingerprint density at radius 3 is 3.08 bits per heavy atom. The smallest absolute Gasteiger partial charge is 0.227 e. The quantitative estimate of drug-likeness (QED) is 0.782. The molecule has 8 heteroatoms. The molecule has 0 aromatic carbocycles. The lowest BCUT2D eigenvalue weighted by atomic mass is 9.94. The SMILES string of the molecule is N#CCS(=O)(=O)N1CCC(c2cncc3cnc4[nH]ccc4c23)C1. The minimum absolute atomic E-state index is 0.0650. The number of pyridine rings is 2. The van der Waals surface area contributed by atoms with E-state index in [2.05, 4.69) is 15.0 Å². The molecular weight excluding hydrogens is 326 g/mol. The molecule has 4 rings (SSSR count). The maximum absolute atomic E-state index is 12.1. The molecule has 122 valence electrons. The first-order valence-corrected chi connectivity index (χ1v) is 9.25. The van der Waals surface area contributed by atoms with Crippen molar-refractivity contribution in [2.45, 2.75) is 12.3 Å². The number of hydrogen-bond acceptors (Lipinski definition) is 5. The van der Waals surface area contributed by atoms with Crippen LogP contribution in [0.4, 0.5) is 0 Å². The number of nitrogens with zero attached hydrogens (tertiary/aromatic N) is 4. The molecule has 1 unspecified atom stereocenters. The van der Waals surface area contributed by atoms with Crippen molar-refractivity contribution in [3.8, 4) is 6.07 Å². The van der Waals surface area contributed by atoms with Gasteiger partial charge in [0.1, 0.15) is 5.65 Å². The molecule has 0 amide bonds. The minimum Gasteiger partial charge on any atom is -0.346 e. The van der Waals surface area contributed by atoms with Crippen LogP contribution in [0.2, 0.25) is 0 Å². The van der Waals surface area contributed by atoms with Crippen LogP contribution in [0, 0.1) is 11.3 Å². The largest absolute Gasteiger partial charge is 0.346 e. The summed E-state index contributed by atoms with van der Waals surface area (Å²) in [5.41, 5.74) is 1.84. The first-order chi connectivity index (χ1) is 11.6. The number of nitrogens with one attached hydrogen (secondary N) is 1. The van der Waals surface area contributed by atoms with Crippen LogP contribution in [0.5, 0.6) is 0 Å². The Labute approximate surface area is 139 Å². The van der Waals surface area contributed by atoms with Gasteiger partial charge in [-0.15, -0.1) is 0 Å². The second kappa shape index (κ2) is 5.54. The van der Waals surface area contributed by atoms with Gasteiger partial charge in [0, 0.05) is 60.0 Å². The van der Waals surface area contributed by atoms with Crippen LogP contribution in [0.25, 0.3) is 21.8 Å². The van der Waals surface area contributed by atoms with Crippen LogP contribution >= 0.6 is 0 Å². The number of nitriles is 1. The predicted molar refractivity (Wildman–Crippen MR) is 89.7 cm³/mol. The summed E-state index contributed by atoms with van der Waals surface area (Å²) >= 11 is 0. The molecule has 1 aliphatic rings. The Bertz CT molecular complexity index is 1070. The van der Waals surface area contributed by atoms with E-state index >= 15 is 0 Å². The third-order valence-electron chi connectivity index (χ3n) is 4.56. The fourth-order valence-electron chi connectivity index (χ4n) is 3.42. The minimum atomic E-state index is -3.50. The van der Waals surface area contributed by atoms with Gasteiger partial charge < -0.3 is 4.98 Å². The first-order valence-electron chi connectivity index (χ1n) is 7.64. The zero-order valence-corrected chi connectivity index (χ0v) is 13.6. The lowest BCUT2D eigenvalue weighted by Crippen LogP contribution is -2.30. The average Bonchev–Trinajstić information content (AvgIpc) is 3.23. The van der Waals surface area contributed by atoms with Gasteiger partial charge in [-0.25, -0.2) is 17.7 Å². The fraction of sp³-hybridized carbons (Fsp3) is 0.312. The van der Waals surface area contributed by atoms with Crippen molar-refractivity contribution in [2.24, 2.45) is 0 Å². The van der Waals surface area contributed by atoms with E-state index in [4.69, 9.17) is 5.26 Å². The molecule has 3 aromatic rings. The third kappa shape index (κ3) is 2.33. The van der Waals surface area contributed by atoms with Gasteiger partial charge in [0.05, 0.1) is 6.07 Å². The number of aromatic nitrogens is 3. The molecule has 1 saturated heterocycles. The van der Waals surface area contributed by atoms with Gasteiger partial charge in [0.15, 0.2) is 5.75 Å². The van der Waals surface area contributed by atoms with Crippen LogP contribution in [-0.4, -0.2) is 46.5 Å². The second-order valence-corrected chi connectivity index (χ2v) is 7.92. The van der Waals surface area contributed by atoms with Crippen LogP contribution < -0.4 is 0 Å². The molecule has 0 spiro atoms. The number of aromatic amines is 1. The van der Waals surface area contributed by atoms with Crippen molar-refractivity contribution in [1.82, 2.24) is 19.3 Å². The molecule has 1 aliphatic heterocycles. The van der Waals surface area contributed by atoms with E-state index in [9.17, 15) is 8.42 Å².